The first kappa shape index (κ1) is 13.0. The minimum absolute atomic E-state index is 0.0301. The van der Waals surface area contributed by atoms with Crippen LogP contribution < -0.4 is 0 Å². The average molecular weight is 282 g/mol. The van der Waals surface area contributed by atoms with Crippen LogP contribution in [-0.4, -0.2) is 10.8 Å². The number of benzene rings is 2. The maximum atomic E-state index is 13.3. The Kier molecular flexibility index (Phi) is 2.99. The molecule has 0 aliphatic carbocycles. The summed E-state index contributed by atoms with van der Waals surface area (Å²) in [5, 5.41) is 9.61. The van der Waals surface area contributed by atoms with Crippen molar-refractivity contribution >= 4 is 16.7 Å². The summed E-state index contributed by atoms with van der Waals surface area (Å²) in [6.45, 7) is 0. The maximum absolute atomic E-state index is 13.3. The molecule has 0 fully saturated rings. The molecular formula is C16H8F2N2O. The minimum atomic E-state index is -1.08. The Morgan fingerprint density at radius 1 is 1.14 bits per heavy atom. The molecule has 0 unspecified atom stereocenters. The fraction of sp³-hybridized carbons (Fsp3) is 0. The van der Waals surface area contributed by atoms with Gasteiger partial charge in [-0.3, -0.25) is 4.79 Å². The van der Waals surface area contributed by atoms with Crippen molar-refractivity contribution in [1.29, 1.82) is 5.26 Å². The van der Waals surface area contributed by atoms with Crippen molar-refractivity contribution in [3.63, 3.8) is 0 Å². The second kappa shape index (κ2) is 4.84. The molecule has 3 rings (SSSR count). The second-order valence-corrected chi connectivity index (χ2v) is 4.50. The molecule has 1 heterocycles. The molecule has 0 spiro atoms. The molecule has 2 aromatic carbocycles. The van der Waals surface area contributed by atoms with Gasteiger partial charge >= 0.3 is 0 Å². The molecule has 5 heteroatoms. The van der Waals surface area contributed by atoms with Crippen LogP contribution >= 0.6 is 0 Å². The number of rotatable bonds is 2. The van der Waals surface area contributed by atoms with Crippen LogP contribution in [0.4, 0.5) is 8.78 Å². The Morgan fingerprint density at radius 3 is 2.67 bits per heavy atom. The topological polar surface area (TPSA) is 56.6 Å². The van der Waals surface area contributed by atoms with Crippen molar-refractivity contribution in [1.82, 2.24) is 4.98 Å². The zero-order valence-electron chi connectivity index (χ0n) is 10.7. The van der Waals surface area contributed by atoms with Gasteiger partial charge in [0.05, 0.1) is 11.6 Å². The van der Waals surface area contributed by atoms with Crippen molar-refractivity contribution in [3.8, 4) is 6.07 Å². The SMILES string of the molecule is N#Cc1cccc2[nH]cc(C(=O)c3ccc(F)c(F)c3)c12. The molecule has 0 aliphatic heterocycles. The number of H-pyrrole nitrogens is 1. The van der Waals surface area contributed by atoms with Gasteiger partial charge in [-0.15, -0.1) is 0 Å². The van der Waals surface area contributed by atoms with Crippen molar-refractivity contribution in [2.75, 3.05) is 0 Å². The third-order valence-electron chi connectivity index (χ3n) is 3.25. The van der Waals surface area contributed by atoms with Crippen molar-refractivity contribution in [2.45, 2.75) is 0 Å². The Morgan fingerprint density at radius 2 is 1.95 bits per heavy atom. The van der Waals surface area contributed by atoms with Crippen LogP contribution in [0.25, 0.3) is 10.9 Å². The summed E-state index contributed by atoms with van der Waals surface area (Å²) in [7, 11) is 0. The van der Waals surface area contributed by atoms with Gasteiger partial charge in [-0.05, 0) is 30.3 Å². The molecule has 0 saturated heterocycles. The van der Waals surface area contributed by atoms with E-state index in [1.807, 2.05) is 6.07 Å². The summed E-state index contributed by atoms with van der Waals surface area (Å²) in [5.74, 6) is -2.56. The molecule has 3 nitrogen and oxygen atoms in total. The van der Waals surface area contributed by atoms with Crippen LogP contribution in [0.3, 0.4) is 0 Å². The average Bonchev–Trinajstić information content (AvgIpc) is 2.93. The van der Waals surface area contributed by atoms with Gasteiger partial charge in [-0.25, -0.2) is 8.78 Å². The molecule has 0 aliphatic rings. The summed E-state index contributed by atoms with van der Waals surface area (Å²) < 4.78 is 26.2. The fourth-order valence-corrected chi connectivity index (χ4v) is 2.25. The molecule has 0 saturated carbocycles. The smallest absolute Gasteiger partial charge is 0.195 e. The third kappa shape index (κ3) is 2.07. The third-order valence-corrected chi connectivity index (χ3v) is 3.25. The van der Waals surface area contributed by atoms with Gasteiger partial charge in [0.2, 0.25) is 0 Å². The highest BCUT2D eigenvalue weighted by molar-refractivity contribution is 6.17. The van der Waals surface area contributed by atoms with Gasteiger partial charge in [-0.2, -0.15) is 5.26 Å². The van der Waals surface area contributed by atoms with E-state index < -0.39 is 17.4 Å². The number of hydrogen-bond acceptors (Lipinski definition) is 2. The van der Waals surface area contributed by atoms with E-state index >= 15 is 0 Å². The van der Waals surface area contributed by atoms with Crippen LogP contribution in [0.5, 0.6) is 0 Å². The highest BCUT2D eigenvalue weighted by atomic mass is 19.2. The highest BCUT2D eigenvalue weighted by Crippen LogP contribution is 2.25. The first-order chi connectivity index (χ1) is 10.1. The number of aromatic amines is 1. The predicted octanol–water partition coefficient (Wildman–Crippen LogP) is 3.55. The molecule has 1 N–H and O–H groups in total. The number of nitrogens with one attached hydrogen (secondary N) is 1. The van der Waals surface area contributed by atoms with Crippen LogP contribution in [0.15, 0.2) is 42.6 Å². The molecule has 0 atom stereocenters. The zero-order valence-corrected chi connectivity index (χ0v) is 10.7. The summed E-state index contributed by atoms with van der Waals surface area (Å²) in [4.78, 5) is 15.3. The molecular weight excluding hydrogens is 274 g/mol. The van der Waals surface area contributed by atoms with Crippen molar-refractivity contribution in [3.05, 3.63) is 70.9 Å². The van der Waals surface area contributed by atoms with Crippen molar-refractivity contribution < 1.29 is 13.6 Å². The number of ketones is 1. The van der Waals surface area contributed by atoms with E-state index in [2.05, 4.69) is 4.98 Å². The molecule has 1 aromatic heterocycles. The number of fused-ring (bicyclic) bond motifs is 1. The Balaban J connectivity index is 2.18. The largest absolute Gasteiger partial charge is 0.360 e. The lowest BCUT2D eigenvalue weighted by molar-refractivity contribution is 0.104. The van der Waals surface area contributed by atoms with Gasteiger partial charge < -0.3 is 4.98 Å². The van der Waals surface area contributed by atoms with Gasteiger partial charge in [0.15, 0.2) is 17.4 Å². The highest BCUT2D eigenvalue weighted by Gasteiger charge is 2.18. The number of hydrogen-bond donors (Lipinski definition) is 1. The Labute approximate surface area is 118 Å². The minimum Gasteiger partial charge on any atom is -0.360 e. The number of nitrogens with zero attached hydrogens (tertiary/aromatic N) is 1. The molecule has 102 valence electrons. The fourth-order valence-electron chi connectivity index (χ4n) is 2.25. The molecule has 3 aromatic rings. The standard InChI is InChI=1S/C16H8F2N2O/c17-12-5-4-9(6-13(12)18)16(21)11-8-20-14-3-1-2-10(7-19)15(11)14/h1-6,8,20H. The van der Waals surface area contributed by atoms with Gasteiger partial charge in [0.1, 0.15) is 0 Å². The Hall–Kier alpha value is -3.00. The molecule has 0 amide bonds. The molecule has 0 radical (unpaired) electrons. The number of aromatic nitrogens is 1. The lowest BCUT2D eigenvalue weighted by Crippen LogP contribution is -2.02. The van der Waals surface area contributed by atoms with E-state index in [1.165, 1.54) is 12.3 Å². The van der Waals surface area contributed by atoms with E-state index in [9.17, 15) is 13.6 Å². The molecule has 21 heavy (non-hydrogen) atoms. The molecule has 0 bridgehead atoms. The van der Waals surface area contributed by atoms with Crippen molar-refractivity contribution in [2.24, 2.45) is 0 Å². The van der Waals surface area contributed by atoms with Crippen LogP contribution in [0, 0.1) is 23.0 Å². The lowest BCUT2D eigenvalue weighted by Gasteiger charge is -2.02. The lowest BCUT2D eigenvalue weighted by atomic mass is 10.00. The van der Waals surface area contributed by atoms with E-state index in [-0.39, 0.29) is 11.1 Å². The van der Waals surface area contributed by atoms with Gasteiger partial charge in [0.25, 0.3) is 0 Å². The normalized spacial score (nSPS) is 10.5. The van der Waals surface area contributed by atoms with E-state index in [0.29, 0.717) is 16.5 Å². The number of halogens is 2. The second-order valence-electron chi connectivity index (χ2n) is 4.50. The number of carbonyl (C=O) groups is 1. The summed E-state index contributed by atoms with van der Waals surface area (Å²) >= 11 is 0. The van der Waals surface area contributed by atoms with Gasteiger partial charge in [-0.1, -0.05) is 6.07 Å². The summed E-state index contributed by atoms with van der Waals surface area (Å²) in [6.07, 6.45) is 1.47. The maximum Gasteiger partial charge on any atom is 0.195 e. The Bertz CT molecular complexity index is 906. The predicted molar refractivity (Wildman–Crippen MR) is 72.8 cm³/mol. The van der Waals surface area contributed by atoms with E-state index in [4.69, 9.17) is 5.26 Å². The van der Waals surface area contributed by atoms with Crippen LogP contribution in [0.2, 0.25) is 0 Å². The number of nitriles is 1. The monoisotopic (exact) mass is 282 g/mol. The van der Waals surface area contributed by atoms with E-state index in [1.54, 1.807) is 18.2 Å². The summed E-state index contributed by atoms with van der Waals surface area (Å²) in [5.41, 5.74) is 1.27. The quantitative estimate of drug-likeness (QED) is 0.731. The zero-order chi connectivity index (χ0) is 15.0. The van der Waals surface area contributed by atoms with Gasteiger partial charge in [0, 0.05) is 28.2 Å². The van der Waals surface area contributed by atoms with Crippen LogP contribution in [0.1, 0.15) is 21.5 Å². The summed E-state index contributed by atoms with van der Waals surface area (Å²) in [6, 6.07) is 10.0. The number of carbonyl (C=O) groups excluding carboxylic acids is 1. The first-order valence-corrected chi connectivity index (χ1v) is 6.12. The van der Waals surface area contributed by atoms with E-state index in [0.717, 1.165) is 12.1 Å². The first-order valence-electron chi connectivity index (χ1n) is 6.12. The van der Waals surface area contributed by atoms with Crippen LogP contribution in [-0.2, 0) is 0 Å².